The number of aliphatic hydroxyl groups excluding tert-OH is 3. The number of fused-ring (bicyclic) bond motifs is 2. The molecule has 0 aliphatic carbocycles. The van der Waals surface area contributed by atoms with E-state index in [-0.39, 0.29) is 17.7 Å². The third-order valence-corrected chi connectivity index (χ3v) is 6.55. The maximum absolute atomic E-state index is 13.4. The van der Waals surface area contributed by atoms with E-state index in [1.54, 1.807) is 0 Å². The third-order valence-electron chi connectivity index (χ3n) is 6.55. The number of hydrogen-bond acceptors (Lipinski definition) is 12. The molecule has 0 bridgehead atoms. The Labute approximate surface area is 198 Å². The number of ketones is 1. The van der Waals surface area contributed by atoms with Crippen LogP contribution in [0.2, 0.25) is 0 Å². The summed E-state index contributed by atoms with van der Waals surface area (Å²) >= 11 is 0. The highest BCUT2D eigenvalue weighted by Crippen LogP contribution is 2.54. The zero-order valence-corrected chi connectivity index (χ0v) is 18.1. The quantitative estimate of drug-likeness (QED) is 0.165. The van der Waals surface area contributed by atoms with Crippen LogP contribution in [-0.2, 0) is 24.5 Å². The van der Waals surface area contributed by atoms with Gasteiger partial charge in [0.15, 0.2) is 47.0 Å². The fourth-order valence-corrected chi connectivity index (χ4v) is 4.50. The van der Waals surface area contributed by atoms with Gasteiger partial charge in [-0.05, 0) is 35.9 Å². The van der Waals surface area contributed by atoms with Gasteiger partial charge in [-0.15, -0.1) is 0 Å². The molecule has 5 rings (SSSR count). The average Bonchev–Trinajstić information content (AvgIpc) is 3.51. The van der Waals surface area contributed by atoms with Crippen molar-refractivity contribution >= 4 is 5.78 Å². The van der Waals surface area contributed by atoms with Crippen LogP contribution in [-0.4, -0.2) is 91.2 Å². The molecule has 0 radical (unpaired) electrons. The summed E-state index contributed by atoms with van der Waals surface area (Å²) in [7, 11) is 0. The number of aliphatic hydroxyl groups is 3. The van der Waals surface area contributed by atoms with Crippen LogP contribution >= 0.6 is 0 Å². The molecule has 0 amide bonds. The number of Topliss-reactive ketones (excluding diaryl/α,β-unsaturated/α-hetero) is 1. The molecule has 3 saturated heterocycles. The molecular formula is C23H24O12. The third kappa shape index (κ3) is 3.98. The van der Waals surface area contributed by atoms with Crippen molar-refractivity contribution in [1.29, 1.82) is 0 Å². The predicted octanol–water partition coefficient (Wildman–Crippen LogP) is -0.443. The van der Waals surface area contributed by atoms with Crippen molar-refractivity contribution in [2.24, 2.45) is 0 Å². The van der Waals surface area contributed by atoms with E-state index in [1.807, 2.05) is 0 Å². The topological polar surface area (TPSA) is 199 Å². The maximum atomic E-state index is 13.4. The van der Waals surface area contributed by atoms with Crippen molar-refractivity contribution in [3.05, 3.63) is 47.5 Å². The predicted molar refractivity (Wildman–Crippen MR) is 113 cm³/mol. The number of epoxide rings is 1. The van der Waals surface area contributed by atoms with Gasteiger partial charge in [-0.2, -0.15) is 0 Å². The molecule has 7 N–H and O–H groups in total. The Balaban J connectivity index is 1.54. The number of phenols is 4. The Morgan fingerprint density at radius 1 is 0.886 bits per heavy atom. The first-order valence-electron chi connectivity index (χ1n) is 10.8. The van der Waals surface area contributed by atoms with Gasteiger partial charge in [0.1, 0.15) is 30.5 Å². The second-order valence-electron chi connectivity index (χ2n) is 8.75. The number of benzene rings is 2. The molecule has 8 atom stereocenters. The minimum atomic E-state index is -1.56. The number of carbonyl (C=O) groups excluding carboxylic acids is 1. The number of aromatic hydroxyl groups is 4. The Bertz CT molecular complexity index is 1140. The molecule has 3 fully saturated rings. The Kier molecular flexibility index (Phi) is 5.84. The standard InChI is InChI=1S/C23H24O12/c24-8-16-18(30)19(31)20-21(33-16)32-15(17(29)9-1-3-11(25)13(27)5-9)7-23(22(34-20)35-23)10-2-4-12(26)14(28)6-10/h1-6,15-16,18-22,24-28,30-31H,7-8H2/t15-,16+,18+,19-,20+,21+,22-,23+/m1/s1. The lowest BCUT2D eigenvalue weighted by molar-refractivity contribution is -0.324. The van der Waals surface area contributed by atoms with Crippen molar-refractivity contribution in [2.75, 3.05) is 6.61 Å². The highest BCUT2D eigenvalue weighted by atomic mass is 16.8. The summed E-state index contributed by atoms with van der Waals surface area (Å²) in [6, 6.07) is 7.44. The minimum absolute atomic E-state index is 0.000606. The molecule has 3 heterocycles. The first-order valence-corrected chi connectivity index (χ1v) is 10.8. The number of hydrogen-bond donors (Lipinski definition) is 7. The van der Waals surface area contributed by atoms with Gasteiger partial charge in [-0.1, -0.05) is 6.07 Å². The second kappa shape index (κ2) is 8.60. The van der Waals surface area contributed by atoms with Gasteiger partial charge < -0.3 is 54.7 Å². The Hall–Kier alpha value is -2.97. The fourth-order valence-electron chi connectivity index (χ4n) is 4.50. The van der Waals surface area contributed by atoms with Crippen LogP contribution in [0, 0.1) is 0 Å². The average molecular weight is 492 g/mol. The van der Waals surface area contributed by atoms with E-state index in [2.05, 4.69) is 0 Å². The van der Waals surface area contributed by atoms with Gasteiger partial charge in [0.2, 0.25) is 0 Å². The fraction of sp³-hybridized carbons (Fsp3) is 0.435. The normalized spacial score (nSPS) is 36.4. The summed E-state index contributed by atoms with van der Waals surface area (Å²) in [4.78, 5) is 13.4. The number of ether oxygens (including phenoxy) is 4. The van der Waals surface area contributed by atoms with Crippen LogP contribution in [0.15, 0.2) is 36.4 Å². The summed E-state index contributed by atoms with van der Waals surface area (Å²) in [5.41, 5.74) is -0.973. The monoisotopic (exact) mass is 492 g/mol. The first-order chi connectivity index (χ1) is 16.6. The van der Waals surface area contributed by atoms with Crippen LogP contribution < -0.4 is 0 Å². The van der Waals surface area contributed by atoms with Crippen molar-refractivity contribution in [3.8, 4) is 23.0 Å². The van der Waals surface area contributed by atoms with E-state index < -0.39 is 78.3 Å². The van der Waals surface area contributed by atoms with Crippen LogP contribution in [0.4, 0.5) is 0 Å². The highest BCUT2D eigenvalue weighted by molar-refractivity contribution is 6.00. The van der Waals surface area contributed by atoms with E-state index in [0.717, 1.165) is 12.1 Å². The molecule has 0 saturated carbocycles. The van der Waals surface area contributed by atoms with E-state index in [4.69, 9.17) is 18.9 Å². The van der Waals surface area contributed by atoms with E-state index in [1.165, 1.54) is 24.3 Å². The molecule has 12 nitrogen and oxygen atoms in total. The van der Waals surface area contributed by atoms with E-state index >= 15 is 0 Å². The molecule has 2 aromatic rings. The maximum Gasteiger partial charge on any atom is 0.193 e. The van der Waals surface area contributed by atoms with Gasteiger partial charge in [-0.3, -0.25) is 4.79 Å². The Morgan fingerprint density at radius 3 is 2.23 bits per heavy atom. The SMILES string of the molecule is O=C(c1ccc(O)c(O)c1)[C@H]1C[C@@]2(c3ccc(O)c(O)c3)O[C@H]2O[C@@H]2[C@H](O[C@@H](CO)[C@H](O)[C@H]2O)O1. The second-order valence-corrected chi connectivity index (χ2v) is 8.75. The lowest BCUT2D eigenvalue weighted by atomic mass is 9.88. The summed E-state index contributed by atoms with van der Waals surface area (Å²) in [5, 5.41) is 69.6. The summed E-state index contributed by atoms with van der Waals surface area (Å²) in [5.74, 6) is -2.36. The van der Waals surface area contributed by atoms with Crippen LogP contribution in [0.3, 0.4) is 0 Å². The number of phenolic OH excluding ortho intramolecular Hbond substituents is 4. The number of carbonyl (C=O) groups is 1. The summed E-state index contributed by atoms with van der Waals surface area (Å²) < 4.78 is 23.2. The number of rotatable bonds is 4. The van der Waals surface area contributed by atoms with Gasteiger partial charge in [0, 0.05) is 12.0 Å². The lowest BCUT2D eigenvalue weighted by Gasteiger charge is -2.43. The van der Waals surface area contributed by atoms with Gasteiger partial charge in [0.05, 0.1) is 6.61 Å². The Morgan fingerprint density at radius 2 is 1.57 bits per heavy atom. The summed E-state index contributed by atoms with van der Waals surface area (Å²) in [6.07, 6.45) is -9.47. The lowest BCUT2D eigenvalue weighted by Crippen LogP contribution is -2.62. The van der Waals surface area contributed by atoms with Crippen molar-refractivity contribution in [2.45, 2.75) is 55.1 Å². The summed E-state index contributed by atoms with van der Waals surface area (Å²) in [6.45, 7) is -0.633. The molecule has 12 heteroatoms. The molecule has 3 aliphatic rings. The van der Waals surface area contributed by atoms with E-state index in [0.29, 0.717) is 5.56 Å². The van der Waals surface area contributed by atoms with E-state index in [9.17, 15) is 40.5 Å². The first kappa shape index (κ1) is 23.8. The molecule has 0 unspecified atom stereocenters. The van der Waals surface area contributed by atoms with Gasteiger partial charge in [-0.25, -0.2) is 0 Å². The molecule has 3 aliphatic heterocycles. The van der Waals surface area contributed by atoms with Crippen LogP contribution in [0.5, 0.6) is 23.0 Å². The minimum Gasteiger partial charge on any atom is -0.504 e. The van der Waals surface area contributed by atoms with Crippen molar-refractivity contribution in [1.82, 2.24) is 0 Å². The van der Waals surface area contributed by atoms with Gasteiger partial charge >= 0.3 is 0 Å². The molecular weight excluding hydrogens is 468 g/mol. The highest BCUT2D eigenvalue weighted by Gasteiger charge is 2.65. The smallest absolute Gasteiger partial charge is 0.193 e. The molecule has 0 aromatic heterocycles. The van der Waals surface area contributed by atoms with Crippen LogP contribution in [0.1, 0.15) is 22.3 Å². The molecule has 35 heavy (non-hydrogen) atoms. The molecule has 2 aromatic carbocycles. The zero-order chi connectivity index (χ0) is 25.1. The van der Waals surface area contributed by atoms with Crippen molar-refractivity contribution in [3.63, 3.8) is 0 Å². The molecule has 188 valence electrons. The zero-order valence-electron chi connectivity index (χ0n) is 18.1. The molecule has 0 spiro atoms. The van der Waals surface area contributed by atoms with Gasteiger partial charge in [0.25, 0.3) is 0 Å². The van der Waals surface area contributed by atoms with Crippen LogP contribution in [0.25, 0.3) is 0 Å². The largest absolute Gasteiger partial charge is 0.504 e. The van der Waals surface area contributed by atoms with Crippen molar-refractivity contribution < 1.29 is 59.5 Å².